The van der Waals surface area contributed by atoms with Crippen LogP contribution in [0.1, 0.15) is 42.1 Å². The quantitative estimate of drug-likeness (QED) is 0.179. The summed E-state index contributed by atoms with van der Waals surface area (Å²) in [5, 5.41) is 22.5. The average molecular weight is 595 g/mol. The summed E-state index contributed by atoms with van der Waals surface area (Å²) in [6.07, 6.45) is -2.44. The number of nitrogens with zero attached hydrogens (tertiary/aromatic N) is 3. The van der Waals surface area contributed by atoms with Gasteiger partial charge in [-0.25, -0.2) is 4.76 Å². The number of hydrogen-bond acceptors (Lipinski definition) is 9. The Morgan fingerprint density at radius 2 is 1.81 bits per heavy atom. The SMILES string of the molecule is CC(=O)NN(C(=O)c1ccccc1)C1CCC(=O)N2CNCC(C(=O)NC3CC(=O)OC3OCc3ccccc3)C[N+]12[O-]. The van der Waals surface area contributed by atoms with E-state index in [1.54, 1.807) is 30.3 Å². The van der Waals surface area contributed by atoms with E-state index < -0.39 is 65.3 Å². The molecule has 0 bridgehead atoms. The molecule has 43 heavy (non-hydrogen) atoms. The van der Waals surface area contributed by atoms with Gasteiger partial charge in [-0.05, 0) is 17.7 Å². The summed E-state index contributed by atoms with van der Waals surface area (Å²) >= 11 is 0. The third-order valence-corrected chi connectivity index (χ3v) is 7.65. The Kier molecular flexibility index (Phi) is 9.01. The van der Waals surface area contributed by atoms with Gasteiger partial charge in [0, 0.05) is 31.9 Å². The lowest BCUT2D eigenvalue weighted by atomic mass is 10.1. The van der Waals surface area contributed by atoms with Crippen LogP contribution in [-0.2, 0) is 35.3 Å². The van der Waals surface area contributed by atoms with E-state index in [0.717, 1.165) is 15.6 Å². The first-order chi connectivity index (χ1) is 20.7. The van der Waals surface area contributed by atoms with Crippen LogP contribution in [0.25, 0.3) is 0 Å². The Labute approximate surface area is 248 Å². The van der Waals surface area contributed by atoms with E-state index in [1.807, 2.05) is 30.3 Å². The van der Waals surface area contributed by atoms with Crippen LogP contribution in [0, 0.1) is 11.1 Å². The molecule has 3 aliphatic rings. The number of quaternary nitrogens is 1. The number of hydroxylamine groups is 2. The summed E-state index contributed by atoms with van der Waals surface area (Å²) in [4.78, 5) is 64.3. The van der Waals surface area contributed by atoms with Crippen LogP contribution >= 0.6 is 0 Å². The number of cyclic esters (lactones) is 1. The van der Waals surface area contributed by atoms with Crippen LogP contribution < -0.4 is 16.1 Å². The molecule has 0 spiro atoms. The molecule has 2 aromatic carbocycles. The Bertz CT molecular complexity index is 1360. The van der Waals surface area contributed by atoms with Crippen molar-refractivity contribution in [2.45, 2.75) is 51.3 Å². The van der Waals surface area contributed by atoms with Gasteiger partial charge in [-0.1, -0.05) is 48.5 Å². The highest BCUT2D eigenvalue weighted by Gasteiger charge is 2.51. The molecule has 2 aromatic rings. The zero-order valence-electron chi connectivity index (χ0n) is 23.6. The van der Waals surface area contributed by atoms with Gasteiger partial charge >= 0.3 is 5.97 Å². The van der Waals surface area contributed by atoms with Crippen molar-refractivity contribution in [1.29, 1.82) is 0 Å². The summed E-state index contributed by atoms with van der Waals surface area (Å²) in [5.74, 6) is -3.69. The van der Waals surface area contributed by atoms with Gasteiger partial charge in [0.05, 0.1) is 13.0 Å². The summed E-state index contributed by atoms with van der Waals surface area (Å²) < 4.78 is 9.71. The minimum absolute atomic E-state index is 0.0353. The average Bonchev–Trinajstić information content (AvgIpc) is 3.23. The van der Waals surface area contributed by atoms with Crippen molar-refractivity contribution in [2.24, 2.45) is 5.92 Å². The van der Waals surface area contributed by atoms with Crippen molar-refractivity contribution < 1.29 is 38.2 Å². The second-order valence-electron chi connectivity index (χ2n) is 10.7. The molecule has 5 atom stereocenters. The first-order valence-electron chi connectivity index (χ1n) is 14.1. The molecular weight excluding hydrogens is 560 g/mol. The van der Waals surface area contributed by atoms with Gasteiger partial charge in [0.1, 0.15) is 25.2 Å². The molecular formula is C29H34N6O8. The predicted molar refractivity (Wildman–Crippen MR) is 149 cm³/mol. The van der Waals surface area contributed by atoms with E-state index >= 15 is 0 Å². The molecule has 3 fully saturated rings. The highest BCUT2D eigenvalue weighted by Crippen LogP contribution is 2.32. The highest BCUT2D eigenvalue weighted by molar-refractivity contribution is 5.95. The van der Waals surface area contributed by atoms with Crippen molar-refractivity contribution >= 4 is 29.6 Å². The molecule has 0 aromatic heterocycles. The number of rotatable bonds is 7. The van der Waals surface area contributed by atoms with E-state index in [0.29, 0.717) is 0 Å². The predicted octanol–water partition coefficient (Wildman–Crippen LogP) is 0.510. The fourth-order valence-corrected chi connectivity index (χ4v) is 5.58. The summed E-state index contributed by atoms with van der Waals surface area (Å²) in [5.41, 5.74) is 3.58. The second kappa shape index (κ2) is 12.9. The van der Waals surface area contributed by atoms with Gasteiger partial charge in [0.2, 0.25) is 24.3 Å². The fourth-order valence-electron chi connectivity index (χ4n) is 5.58. The number of esters is 1. The van der Waals surface area contributed by atoms with Crippen LogP contribution in [-0.4, -0.2) is 82.6 Å². The number of amides is 4. The number of benzene rings is 2. The van der Waals surface area contributed by atoms with Crippen molar-refractivity contribution in [3.05, 3.63) is 77.0 Å². The molecule has 3 aliphatic heterocycles. The molecule has 5 unspecified atom stereocenters. The van der Waals surface area contributed by atoms with E-state index in [9.17, 15) is 29.2 Å². The van der Waals surface area contributed by atoms with Gasteiger partial charge in [0.25, 0.3) is 11.8 Å². The summed E-state index contributed by atoms with van der Waals surface area (Å²) in [7, 11) is 0. The Balaban J connectivity index is 1.35. The molecule has 228 valence electrons. The molecule has 5 rings (SSSR count). The van der Waals surface area contributed by atoms with Gasteiger partial charge in [-0.15, -0.1) is 0 Å². The minimum Gasteiger partial charge on any atom is -0.604 e. The molecule has 0 radical (unpaired) electrons. The molecule has 14 nitrogen and oxygen atoms in total. The molecule has 0 saturated carbocycles. The third kappa shape index (κ3) is 6.67. The number of nitrogens with one attached hydrogen (secondary N) is 3. The number of hydrogen-bond donors (Lipinski definition) is 3. The van der Waals surface area contributed by atoms with E-state index in [2.05, 4.69) is 16.1 Å². The normalized spacial score (nSPS) is 27.0. The Hall–Kier alpha value is -4.37. The number of fused-ring (bicyclic) bond motifs is 1. The van der Waals surface area contributed by atoms with Gasteiger partial charge in [0.15, 0.2) is 0 Å². The first-order valence-corrected chi connectivity index (χ1v) is 14.1. The zero-order chi connectivity index (χ0) is 30.6. The first kappa shape index (κ1) is 30.1. The minimum atomic E-state index is -1.36. The van der Waals surface area contributed by atoms with E-state index in [1.165, 1.54) is 6.92 Å². The van der Waals surface area contributed by atoms with Crippen molar-refractivity contribution in [2.75, 3.05) is 19.8 Å². The summed E-state index contributed by atoms with van der Waals surface area (Å²) in [6, 6.07) is 16.6. The van der Waals surface area contributed by atoms with Crippen molar-refractivity contribution in [1.82, 2.24) is 26.1 Å². The topological polar surface area (TPSA) is 169 Å². The molecule has 14 heteroatoms. The third-order valence-electron chi connectivity index (χ3n) is 7.65. The molecule has 4 amide bonds. The molecule has 0 aliphatic carbocycles. The summed E-state index contributed by atoms with van der Waals surface area (Å²) in [6.45, 7) is 0.847. The van der Waals surface area contributed by atoms with E-state index in [4.69, 9.17) is 9.47 Å². The molecule has 3 N–H and O–H groups in total. The van der Waals surface area contributed by atoms with Crippen LogP contribution in [0.5, 0.6) is 0 Å². The maximum atomic E-state index is 14.7. The number of carbonyl (C=O) groups is 5. The fraction of sp³-hybridized carbons (Fsp3) is 0.414. The molecule has 3 heterocycles. The maximum absolute atomic E-state index is 14.7. The molecule has 3 saturated heterocycles. The van der Waals surface area contributed by atoms with Gasteiger partial charge < -0.3 is 20.0 Å². The highest BCUT2D eigenvalue weighted by atomic mass is 16.7. The monoisotopic (exact) mass is 594 g/mol. The lowest BCUT2D eigenvalue weighted by molar-refractivity contribution is -1.01. The number of hydrazine groups is 1. The second-order valence-corrected chi connectivity index (χ2v) is 10.7. The van der Waals surface area contributed by atoms with Crippen molar-refractivity contribution in [3.8, 4) is 0 Å². The number of carbonyl (C=O) groups excluding carboxylic acids is 5. The number of ether oxygens (including phenoxy) is 2. The standard InChI is InChI=1S/C29H34N6O8/c1-19(36)32-34(28(40)21-10-6-3-7-11-21)24-12-13-25(37)33-18-30-15-22(16-35(24,33)41)27(39)31-23-14-26(38)43-29(23)42-17-20-8-4-2-5-9-20/h2-11,22-24,29-30H,12-18H2,1H3,(H,31,39)(H,32,36). The van der Waals surface area contributed by atoms with Crippen molar-refractivity contribution in [3.63, 3.8) is 0 Å². The largest absolute Gasteiger partial charge is 0.604 e. The lowest BCUT2D eigenvalue weighted by Gasteiger charge is -2.57. The Morgan fingerprint density at radius 3 is 2.51 bits per heavy atom. The zero-order valence-corrected chi connectivity index (χ0v) is 23.6. The van der Waals surface area contributed by atoms with Crippen LogP contribution in [0.15, 0.2) is 60.7 Å². The van der Waals surface area contributed by atoms with Crippen LogP contribution in [0.2, 0.25) is 0 Å². The van der Waals surface area contributed by atoms with Crippen LogP contribution in [0.4, 0.5) is 0 Å². The van der Waals surface area contributed by atoms with Gasteiger partial charge in [-0.2, -0.15) is 10.0 Å². The van der Waals surface area contributed by atoms with Gasteiger partial charge in [-0.3, -0.25) is 34.7 Å². The maximum Gasteiger partial charge on any atom is 0.310 e. The smallest absolute Gasteiger partial charge is 0.310 e. The van der Waals surface area contributed by atoms with Crippen LogP contribution in [0.3, 0.4) is 0 Å². The lowest BCUT2D eigenvalue weighted by Crippen LogP contribution is -2.74. The van der Waals surface area contributed by atoms with E-state index in [-0.39, 0.29) is 44.6 Å². The Morgan fingerprint density at radius 1 is 1.12 bits per heavy atom.